The Bertz CT molecular complexity index is 596. The molecule has 0 amide bonds. The van der Waals surface area contributed by atoms with Gasteiger partial charge in [0.2, 0.25) is 0 Å². The van der Waals surface area contributed by atoms with Crippen molar-refractivity contribution >= 4 is 41.3 Å². The molecule has 26 heavy (non-hydrogen) atoms. The molecule has 3 rings (SSSR count). The molecule has 0 bridgehead atoms. The van der Waals surface area contributed by atoms with Crippen molar-refractivity contribution in [3.8, 4) is 0 Å². The Morgan fingerprint density at radius 1 is 1.35 bits per heavy atom. The van der Waals surface area contributed by atoms with Crippen molar-refractivity contribution in [3.63, 3.8) is 0 Å². The molecular weight excluding hydrogens is 463 g/mol. The molecule has 0 aliphatic carbocycles. The van der Waals surface area contributed by atoms with Gasteiger partial charge in [-0.05, 0) is 12.8 Å². The summed E-state index contributed by atoms with van der Waals surface area (Å²) in [6.07, 6.45) is 2.60. The lowest BCUT2D eigenvalue weighted by Gasteiger charge is -2.37. The van der Waals surface area contributed by atoms with Gasteiger partial charge in [-0.2, -0.15) is 0 Å². The van der Waals surface area contributed by atoms with E-state index in [4.69, 9.17) is 14.5 Å². The zero-order chi connectivity index (χ0) is 17.9. The summed E-state index contributed by atoms with van der Waals surface area (Å²) < 4.78 is 11.7. The predicted molar refractivity (Wildman–Crippen MR) is 117 cm³/mol. The van der Waals surface area contributed by atoms with Crippen LogP contribution in [-0.4, -0.2) is 61.4 Å². The van der Waals surface area contributed by atoms with Gasteiger partial charge in [-0.1, -0.05) is 20.8 Å². The molecule has 2 fully saturated rings. The van der Waals surface area contributed by atoms with Crippen LogP contribution in [0.5, 0.6) is 0 Å². The van der Waals surface area contributed by atoms with Gasteiger partial charge in [0, 0.05) is 37.5 Å². The quantitative estimate of drug-likeness (QED) is 0.398. The summed E-state index contributed by atoms with van der Waals surface area (Å²) in [5.74, 6) is 0.916. The van der Waals surface area contributed by atoms with Crippen LogP contribution in [0.15, 0.2) is 10.4 Å². The minimum atomic E-state index is 0. The maximum atomic E-state index is 5.93. The van der Waals surface area contributed by atoms with Gasteiger partial charge in [-0.15, -0.1) is 35.3 Å². The molecule has 0 radical (unpaired) electrons. The highest BCUT2D eigenvalue weighted by Crippen LogP contribution is 2.24. The van der Waals surface area contributed by atoms with E-state index in [2.05, 4.69) is 41.4 Å². The first kappa shape index (κ1) is 21.8. The summed E-state index contributed by atoms with van der Waals surface area (Å²) in [4.78, 5) is 11.5. The van der Waals surface area contributed by atoms with Gasteiger partial charge in [0.1, 0.15) is 11.1 Å². The molecule has 2 aliphatic heterocycles. The van der Waals surface area contributed by atoms with Gasteiger partial charge in [-0.3, -0.25) is 4.99 Å². The van der Waals surface area contributed by atoms with Crippen molar-refractivity contribution in [2.24, 2.45) is 4.99 Å². The Hall–Kier alpha value is -0.450. The van der Waals surface area contributed by atoms with Crippen molar-refractivity contribution in [1.29, 1.82) is 0 Å². The molecule has 2 unspecified atom stereocenters. The summed E-state index contributed by atoms with van der Waals surface area (Å²) in [6, 6.07) is 0. The number of guanidine groups is 1. The fourth-order valence-electron chi connectivity index (χ4n) is 3.21. The molecule has 1 aromatic rings. The topological polar surface area (TPSA) is 59.0 Å². The summed E-state index contributed by atoms with van der Waals surface area (Å²) in [5, 5.41) is 6.71. The third-order valence-electron chi connectivity index (χ3n) is 4.70. The first-order chi connectivity index (χ1) is 12.0. The Balaban J connectivity index is 0.00000243. The maximum absolute atomic E-state index is 5.93. The fraction of sp³-hybridized carbons (Fsp3) is 0.778. The molecule has 148 valence electrons. The molecule has 0 spiro atoms. The van der Waals surface area contributed by atoms with E-state index in [1.54, 1.807) is 11.3 Å². The average molecular weight is 494 g/mol. The van der Waals surface area contributed by atoms with E-state index in [9.17, 15) is 0 Å². The number of thiazole rings is 1. The molecule has 0 aromatic carbocycles. The molecule has 1 aromatic heterocycles. The monoisotopic (exact) mass is 494 g/mol. The number of aromatic nitrogens is 1. The number of rotatable bonds is 3. The number of morpholine rings is 1. The summed E-state index contributed by atoms with van der Waals surface area (Å²) >= 11 is 1.70. The third-order valence-corrected chi connectivity index (χ3v) is 5.55. The van der Waals surface area contributed by atoms with E-state index in [-0.39, 0.29) is 41.6 Å². The summed E-state index contributed by atoms with van der Waals surface area (Å²) in [7, 11) is 1.83. The average Bonchev–Trinajstić information content (AvgIpc) is 3.27. The molecular formula is C18H31IN4O2S. The summed E-state index contributed by atoms with van der Waals surface area (Å²) in [6.45, 7) is 10.5. The van der Waals surface area contributed by atoms with Crippen molar-refractivity contribution in [2.75, 3.05) is 33.4 Å². The minimum absolute atomic E-state index is 0. The zero-order valence-corrected chi connectivity index (χ0v) is 19.3. The highest BCUT2D eigenvalue weighted by Gasteiger charge is 2.32. The van der Waals surface area contributed by atoms with Crippen LogP contribution in [0.25, 0.3) is 0 Å². The van der Waals surface area contributed by atoms with E-state index in [0.717, 1.165) is 55.8 Å². The van der Waals surface area contributed by atoms with Crippen LogP contribution in [0.4, 0.5) is 0 Å². The van der Waals surface area contributed by atoms with Crippen LogP contribution in [-0.2, 0) is 21.4 Å². The van der Waals surface area contributed by atoms with Crippen LogP contribution >= 0.6 is 35.3 Å². The number of hydrogen-bond acceptors (Lipinski definition) is 5. The Kier molecular flexibility index (Phi) is 8.11. The zero-order valence-electron chi connectivity index (χ0n) is 16.2. The Morgan fingerprint density at radius 2 is 2.12 bits per heavy atom. The fourth-order valence-corrected chi connectivity index (χ4v) is 4.17. The molecule has 2 atom stereocenters. The van der Waals surface area contributed by atoms with Crippen molar-refractivity contribution < 1.29 is 9.47 Å². The lowest BCUT2D eigenvalue weighted by molar-refractivity contribution is -0.0817. The van der Waals surface area contributed by atoms with E-state index in [0.29, 0.717) is 6.54 Å². The number of aliphatic imine (C=N–C) groups is 1. The first-order valence-electron chi connectivity index (χ1n) is 9.11. The largest absolute Gasteiger partial charge is 0.375 e. The van der Waals surface area contributed by atoms with E-state index in [1.807, 2.05) is 7.05 Å². The van der Waals surface area contributed by atoms with Crippen LogP contribution in [0.2, 0.25) is 0 Å². The number of ether oxygens (including phenoxy) is 2. The number of halogens is 1. The maximum Gasteiger partial charge on any atom is 0.194 e. The van der Waals surface area contributed by atoms with E-state index >= 15 is 0 Å². The lowest BCUT2D eigenvalue weighted by atomic mass is 9.93. The Morgan fingerprint density at radius 3 is 2.73 bits per heavy atom. The van der Waals surface area contributed by atoms with E-state index < -0.39 is 0 Å². The highest BCUT2D eigenvalue weighted by atomic mass is 127. The molecule has 0 saturated carbocycles. The number of nitrogens with one attached hydrogen (secondary N) is 1. The summed E-state index contributed by atoms with van der Waals surface area (Å²) in [5.41, 5.74) is 1.24. The van der Waals surface area contributed by atoms with Gasteiger partial charge in [0.25, 0.3) is 0 Å². The lowest BCUT2D eigenvalue weighted by Crippen LogP contribution is -2.53. The number of hydrogen-bond donors (Lipinski definition) is 1. The van der Waals surface area contributed by atoms with Crippen molar-refractivity contribution in [1.82, 2.24) is 15.2 Å². The second-order valence-electron chi connectivity index (χ2n) is 7.68. The van der Waals surface area contributed by atoms with Gasteiger partial charge in [0.15, 0.2) is 5.96 Å². The van der Waals surface area contributed by atoms with Crippen LogP contribution in [0, 0.1) is 0 Å². The third kappa shape index (κ3) is 5.53. The van der Waals surface area contributed by atoms with Crippen molar-refractivity contribution in [3.05, 3.63) is 16.1 Å². The van der Waals surface area contributed by atoms with Crippen LogP contribution < -0.4 is 5.32 Å². The molecule has 3 heterocycles. The predicted octanol–water partition coefficient (Wildman–Crippen LogP) is 3.01. The molecule has 2 aliphatic rings. The molecule has 6 nitrogen and oxygen atoms in total. The normalized spacial score (nSPS) is 24.5. The number of nitrogens with zero attached hydrogens (tertiary/aromatic N) is 3. The van der Waals surface area contributed by atoms with Gasteiger partial charge < -0.3 is 19.7 Å². The van der Waals surface area contributed by atoms with E-state index in [1.165, 1.54) is 0 Å². The molecule has 1 N–H and O–H groups in total. The van der Waals surface area contributed by atoms with Crippen molar-refractivity contribution in [2.45, 2.75) is 57.8 Å². The van der Waals surface area contributed by atoms with Crippen LogP contribution in [0.1, 0.15) is 44.3 Å². The minimum Gasteiger partial charge on any atom is -0.375 e. The second kappa shape index (κ2) is 9.66. The van der Waals surface area contributed by atoms with Crippen LogP contribution in [0.3, 0.4) is 0 Å². The van der Waals surface area contributed by atoms with Gasteiger partial charge in [0.05, 0.1) is 24.9 Å². The highest BCUT2D eigenvalue weighted by molar-refractivity contribution is 14.0. The Labute approximate surface area is 177 Å². The second-order valence-corrected chi connectivity index (χ2v) is 8.63. The molecule has 8 heteroatoms. The molecule has 2 saturated heterocycles. The standard InChI is InChI=1S/C18H30N4O2S.HI/c1-18(2,3)15-12-25-16(21-15)10-20-17(19-4)22-7-9-24-14(11-22)13-6-5-8-23-13;/h12-14H,5-11H2,1-4H3,(H,19,20);1H. The smallest absolute Gasteiger partial charge is 0.194 e. The SMILES string of the molecule is CN=C(NCc1nc(C(C)(C)C)cs1)N1CCOC(C2CCCO2)C1.I. The first-order valence-corrected chi connectivity index (χ1v) is 9.99. The van der Waals surface area contributed by atoms with Gasteiger partial charge >= 0.3 is 0 Å². The van der Waals surface area contributed by atoms with Gasteiger partial charge in [-0.25, -0.2) is 4.98 Å².